The molecule has 0 aromatic carbocycles. The third-order valence-electron chi connectivity index (χ3n) is 3.21. The molecule has 1 saturated carbocycles. The van der Waals surface area contributed by atoms with E-state index in [2.05, 4.69) is 16.9 Å². The Labute approximate surface area is 95.0 Å². The van der Waals surface area contributed by atoms with Crippen LogP contribution in [0.5, 0.6) is 5.88 Å². The van der Waals surface area contributed by atoms with Gasteiger partial charge in [-0.1, -0.05) is 0 Å². The highest BCUT2D eigenvalue weighted by molar-refractivity contribution is 5.32. The fraction of sp³-hybridized carbons (Fsp3) is 0.667. The van der Waals surface area contributed by atoms with E-state index in [1.54, 1.807) is 6.33 Å². The molecule has 0 bridgehead atoms. The molecule has 86 valence electrons. The number of hydrogen-bond acceptors (Lipinski definition) is 4. The van der Waals surface area contributed by atoms with E-state index in [0.29, 0.717) is 12.5 Å². The van der Waals surface area contributed by atoms with E-state index in [0.717, 1.165) is 24.5 Å². The second-order valence-electron chi connectivity index (χ2n) is 4.57. The minimum absolute atomic E-state index is 0.167. The highest BCUT2D eigenvalue weighted by Crippen LogP contribution is 2.41. The zero-order valence-electron chi connectivity index (χ0n) is 9.48. The summed E-state index contributed by atoms with van der Waals surface area (Å²) in [6, 6.07) is 0. The highest BCUT2D eigenvalue weighted by Gasteiger charge is 2.28. The van der Waals surface area contributed by atoms with E-state index in [4.69, 9.17) is 9.47 Å². The maximum Gasteiger partial charge on any atom is 0.219 e. The Hall–Kier alpha value is -1.16. The summed E-state index contributed by atoms with van der Waals surface area (Å²) in [7, 11) is 0. The molecule has 4 heteroatoms. The normalized spacial score (nSPS) is 24.7. The SMILES string of the molecule is Cc1c(OC2CCOC2)ncnc1C1CC1. The summed E-state index contributed by atoms with van der Waals surface area (Å²) in [6.07, 6.45) is 5.25. The Morgan fingerprint density at radius 1 is 1.31 bits per heavy atom. The van der Waals surface area contributed by atoms with Crippen LogP contribution in [0.4, 0.5) is 0 Å². The molecule has 1 saturated heterocycles. The summed E-state index contributed by atoms with van der Waals surface area (Å²) in [5.41, 5.74) is 2.28. The molecule has 0 spiro atoms. The van der Waals surface area contributed by atoms with Crippen molar-refractivity contribution in [3.05, 3.63) is 17.6 Å². The molecule has 0 amide bonds. The molecular formula is C12H16N2O2. The largest absolute Gasteiger partial charge is 0.472 e. The van der Waals surface area contributed by atoms with E-state index in [9.17, 15) is 0 Å². The highest BCUT2D eigenvalue weighted by atomic mass is 16.5. The molecule has 1 aromatic rings. The molecule has 0 N–H and O–H groups in total. The van der Waals surface area contributed by atoms with E-state index >= 15 is 0 Å². The van der Waals surface area contributed by atoms with Crippen LogP contribution in [-0.2, 0) is 4.74 Å². The first-order valence-corrected chi connectivity index (χ1v) is 5.90. The van der Waals surface area contributed by atoms with Gasteiger partial charge in [-0.15, -0.1) is 0 Å². The van der Waals surface area contributed by atoms with Crippen LogP contribution in [0.2, 0.25) is 0 Å². The number of aromatic nitrogens is 2. The Kier molecular flexibility index (Phi) is 2.52. The van der Waals surface area contributed by atoms with Gasteiger partial charge in [-0.3, -0.25) is 0 Å². The van der Waals surface area contributed by atoms with Gasteiger partial charge in [0.2, 0.25) is 5.88 Å². The van der Waals surface area contributed by atoms with E-state index in [1.165, 1.54) is 18.5 Å². The molecule has 2 aliphatic rings. The van der Waals surface area contributed by atoms with Crippen LogP contribution in [0, 0.1) is 6.92 Å². The lowest BCUT2D eigenvalue weighted by molar-refractivity contribution is 0.137. The molecule has 0 radical (unpaired) electrons. The molecular weight excluding hydrogens is 204 g/mol. The average Bonchev–Trinajstić information content (AvgIpc) is 3.00. The van der Waals surface area contributed by atoms with Crippen molar-refractivity contribution in [3.63, 3.8) is 0 Å². The molecule has 1 atom stereocenters. The number of rotatable bonds is 3. The molecule has 1 aliphatic heterocycles. The Balaban J connectivity index is 1.80. The van der Waals surface area contributed by atoms with E-state index in [1.807, 2.05) is 0 Å². The van der Waals surface area contributed by atoms with Crippen LogP contribution in [0.3, 0.4) is 0 Å². The van der Waals surface area contributed by atoms with Crippen molar-refractivity contribution in [2.24, 2.45) is 0 Å². The zero-order valence-corrected chi connectivity index (χ0v) is 9.48. The summed E-state index contributed by atoms with van der Waals surface area (Å²) in [5, 5.41) is 0. The number of ether oxygens (including phenoxy) is 2. The topological polar surface area (TPSA) is 44.2 Å². The van der Waals surface area contributed by atoms with Crippen molar-refractivity contribution in [1.29, 1.82) is 0 Å². The Morgan fingerprint density at radius 3 is 2.88 bits per heavy atom. The lowest BCUT2D eigenvalue weighted by Crippen LogP contribution is -2.17. The van der Waals surface area contributed by atoms with Gasteiger partial charge < -0.3 is 9.47 Å². The van der Waals surface area contributed by atoms with Crippen LogP contribution in [0.15, 0.2) is 6.33 Å². The molecule has 4 nitrogen and oxygen atoms in total. The fourth-order valence-corrected chi connectivity index (χ4v) is 2.10. The van der Waals surface area contributed by atoms with Gasteiger partial charge in [0.05, 0.1) is 18.9 Å². The Bertz CT molecular complexity index is 385. The van der Waals surface area contributed by atoms with Crippen molar-refractivity contribution < 1.29 is 9.47 Å². The molecule has 16 heavy (non-hydrogen) atoms. The van der Waals surface area contributed by atoms with Crippen molar-refractivity contribution in [1.82, 2.24) is 9.97 Å². The summed E-state index contributed by atoms with van der Waals surface area (Å²) in [5.74, 6) is 1.39. The van der Waals surface area contributed by atoms with Gasteiger partial charge in [-0.05, 0) is 19.8 Å². The second kappa shape index (κ2) is 4.01. The van der Waals surface area contributed by atoms with Gasteiger partial charge in [-0.25, -0.2) is 9.97 Å². The first kappa shape index (κ1) is 10.0. The average molecular weight is 220 g/mol. The summed E-state index contributed by atoms with van der Waals surface area (Å²) < 4.78 is 11.1. The first-order valence-electron chi connectivity index (χ1n) is 5.90. The maximum atomic E-state index is 5.85. The minimum atomic E-state index is 0.167. The van der Waals surface area contributed by atoms with Gasteiger partial charge in [0.15, 0.2) is 0 Å². The van der Waals surface area contributed by atoms with Crippen LogP contribution < -0.4 is 4.74 Å². The van der Waals surface area contributed by atoms with Crippen LogP contribution in [0.1, 0.15) is 36.4 Å². The number of hydrogen-bond donors (Lipinski definition) is 0. The predicted molar refractivity (Wildman–Crippen MR) is 58.6 cm³/mol. The lowest BCUT2D eigenvalue weighted by atomic mass is 10.2. The molecule has 2 heterocycles. The summed E-state index contributed by atoms with van der Waals surface area (Å²) in [4.78, 5) is 8.58. The Morgan fingerprint density at radius 2 is 2.19 bits per heavy atom. The van der Waals surface area contributed by atoms with Crippen LogP contribution in [0.25, 0.3) is 0 Å². The van der Waals surface area contributed by atoms with Gasteiger partial charge in [-0.2, -0.15) is 0 Å². The van der Waals surface area contributed by atoms with Gasteiger partial charge >= 0.3 is 0 Å². The monoisotopic (exact) mass is 220 g/mol. The van der Waals surface area contributed by atoms with E-state index in [-0.39, 0.29) is 6.10 Å². The second-order valence-corrected chi connectivity index (χ2v) is 4.57. The number of nitrogens with zero attached hydrogens (tertiary/aromatic N) is 2. The summed E-state index contributed by atoms with van der Waals surface area (Å²) in [6.45, 7) is 3.53. The van der Waals surface area contributed by atoms with Crippen molar-refractivity contribution in [3.8, 4) is 5.88 Å². The first-order chi connectivity index (χ1) is 7.84. The molecule has 2 fully saturated rings. The fourth-order valence-electron chi connectivity index (χ4n) is 2.10. The standard InChI is InChI=1S/C12H16N2O2/c1-8-11(9-2-3-9)13-7-14-12(8)16-10-4-5-15-6-10/h7,9-10H,2-6H2,1H3. The van der Waals surface area contributed by atoms with Gasteiger partial charge in [0.25, 0.3) is 0 Å². The van der Waals surface area contributed by atoms with Crippen molar-refractivity contribution in [2.75, 3.05) is 13.2 Å². The van der Waals surface area contributed by atoms with Gasteiger partial charge in [0, 0.05) is 17.9 Å². The van der Waals surface area contributed by atoms with Crippen molar-refractivity contribution in [2.45, 2.75) is 38.2 Å². The zero-order chi connectivity index (χ0) is 11.0. The summed E-state index contributed by atoms with van der Waals surface area (Å²) >= 11 is 0. The molecule has 1 aliphatic carbocycles. The maximum absolute atomic E-state index is 5.85. The van der Waals surface area contributed by atoms with Crippen LogP contribution >= 0.6 is 0 Å². The molecule has 3 rings (SSSR count). The molecule has 1 unspecified atom stereocenters. The quantitative estimate of drug-likeness (QED) is 0.779. The third-order valence-corrected chi connectivity index (χ3v) is 3.21. The van der Waals surface area contributed by atoms with E-state index < -0.39 is 0 Å². The minimum Gasteiger partial charge on any atom is -0.472 e. The van der Waals surface area contributed by atoms with Gasteiger partial charge in [0.1, 0.15) is 12.4 Å². The lowest BCUT2D eigenvalue weighted by Gasteiger charge is -2.14. The smallest absolute Gasteiger partial charge is 0.219 e. The predicted octanol–water partition coefficient (Wildman–Crippen LogP) is 1.83. The molecule has 1 aromatic heterocycles. The third kappa shape index (κ3) is 1.89. The van der Waals surface area contributed by atoms with Crippen LogP contribution in [-0.4, -0.2) is 29.3 Å². The van der Waals surface area contributed by atoms with Crippen molar-refractivity contribution >= 4 is 0 Å².